The zero-order chi connectivity index (χ0) is 15.8. The number of hydrogen-bond donors (Lipinski definition) is 1. The van der Waals surface area contributed by atoms with E-state index in [1.807, 2.05) is 26.0 Å². The number of fused-ring (bicyclic) bond motifs is 1. The number of carboxylic acids is 1. The Morgan fingerprint density at radius 3 is 2.48 bits per heavy atom. The van der Waals surface area contributed by atoms with Crippen LogP contribution in [0.2, 0.25) is 0 Å². The molecule has 1 aromatic heterocycles. The zero-order valence-electron chi connectivity index (χ0n) is 12.3. The minimum Gasteiger partial charge on any atom is -0.481 e. The molecule has 0 spiro atoms. The lowest BCUT2D eigenvalue weighted by Crippen LogP contribution is -2.11. The summed E-state index contributed by atoms with van der Waals surface area (Å²) >= 11 is 0. The monoisotopic (exact) mass is 310 g/mol. The lowest BCUT2D eigenvalue weighted by Gasteiger charge is -2.08. The Balaban J connectivity index is 2.59. The topological polar surface area (TPSA) is 89.3 Å². The number of nitrogens with zero attached hydrogens (tertiary/aromatic N) is 2. The molecule has 0 fully saturated rings. The largest absolute Gasteiger partial charge is 0.481 e. The fourth-order valence-corrected chi connectivity index (χ4v) is 2.92. The maximum Gasteiger partial charge on any atom is 0.305 e. The molecule has 2 rings (SSSR count). The van der Waals surface area contributed by atoms with Gasteiger partial charge >= 0.3 is 5.97 Å². The van der Waals surface area contributed by atoms with Gasteiger partial charge in [-0.25, -0.2) is 13.4 Å². The van der Waals surface area contributed by atoms with Crippen LogP contribution in [-0.2, 0) is 26.9 Å². The number of benzene rings is 1. The molecule has 0 atom stereocenters. The van der Waals surface area contributed by atoms with Crippen LogP contribution in [0.25, 0.3) is 11.0 Å². The molecule has 114 valence electrons. The normalized spacial score (nSPS) is 12.0. The highest BCUT2D eigenvalue weighted by Gasteiger charge is 2.16. The first-order valence-electron chi connectivity index (χ1n) is 6.53. The minimum atomic E-state index is -3.24. The van der Waals surface area contributed by atoms with E-state index in [0.29, 0.717) is 11.3 Å². The van der Waals surface area contributed by atoms with E-state index in [9.17, 15) is 13.2 Å². The van der Waals surface area contributed by atoms with Crippen LogP contribution in [0.1, 0.15) is 23.4 Å². The summed E-state index contributed by atoms with van der Waals surface area (Å²) in [6, 6.07) is 3.82. The molecule has 0 aliphatic carbocycles. The van der Waals surface area contributed by atoms with Crippen molar-refractivity contribution in [3.63, 3.8) is 0 Å². The summed E-state index contributed by atoms with van der Waals surface area (Å²) in [5, 5.41) is 8.85. The van der Waals surface area contributed by atoms with E-state index in [1.54, 1.807) is 4.57 Å². The number of sulfone groups is 1. The second kappa shape index (κ2) is 5.48. The Hall–Kier alpha value is -1.89. The van der Waals surface area contributed by atoms with Crippen LogP contribution in [0, 0.1) is 13.8 Å². The van der Waals surface area contributed by atoms with E-state index in [4.69, 9.17) is 5.11 Å². The summed E-state index contributed by atoms with van der Waals surface area (Å²) in [5.41, 5.74) is 3.60. The van der Waals surface area contributed by atoms with Crippen LogP contribution in [0.4, 0.5) is 0 Å². The van der Waals surface area contributed by atoms with Gasteiger partial charge in [0.2, 0.25) is 0 Å². The summed E-state index contributed by atoms with van der Waals surface area (Å²) in [4.78, 5) is 15.2. The van der Waals surface area contributed by atoms with Gasteiger partial charge in [0, 0.05) is 12.8 Å². The van der Waals surface area contributed by atoms with Crippen molar-refractivity contribution in [3.8, 4) is 0 Å². The lowest BCUT2D eigenvalue weighted by molar-refractivity contribution is -0.137. The molecule has 2 aromatic rings. The van der Waals surface area contributed by atoms with Gasteiger partial charge in [-0.15, -0.1) is 0 Å². The van der Waals surface area contributed by atoms with Gasteiger partial charge in [0.15, 0.2) is 9.84 Å². The van der Waals surface area contributed by atoms with E-state index in [2.05, 4.69) is 4.98 Å². The van der Waals surface area contributed by atoms with Crippen molar-refractivity contribution in [2.75, 3.05) is 6.26 Å². The number of carboxylic acid groups (broad SMARTS) is 1. The zero-order valence-corrected chi connectivity index (χ0v) is 13.1. The van der Waals surface area contributed by atoms with Crippen molar-refractivity contribution in [2.45, 2.75) is 32.6 Å². The number of hydrogen-bond acceptors (Lipinski definition) is 4. The first-order chi connectivity index (χ1) is 9.67. The summed E-state index contributed by atoms with van der Waals surface area (Å²) in [7, 11) is -3.24. The van der Waals surface area contributed by atoms with Gasteiger partial charge in [0.05, 0.1) is 17.5 Å². The number of rotatable bonds is 5. The molecule has 0 unspecified atom stereocenters. The Kier molecular flexibility index (Phi) is 4.04. The Morgan fingerprint density at radius 2 is 1.90 bits per heavy atom. The van der Waals surface area contributed by atoms with Gasteiger partial charge in [-0.1, -0.05) is 0 Å². The van der Waals surface area contributed by atoms with Crippen LogP contribution in [0.3, 0.4) is 0 Å². The van der Waals surface area contributed by atoms with Gasteiger partial charge in [-0.3, -0.25) is 4.79 Å². The fourth-order valence-electron chi connectivity index (χ4n) is 2.23. The van der Waals surface area contributed by atoms with Crippen LogP contribution in [0.5, 0.6) is 0 Å². The van der Waals surface area contributed by atoms with Gasteiger partial charge < -0.3 is 9.67 Å². The van der Waals surface area contributed by atoms with Crippen LogP contribution in [0.15, 0.2) is 12.1 Å². The fraction of sp³-hybridized carbons (Fsp3) is 0.429. The van der Waals surface area contributed by atoms with Crippen LogP contribution >= 0.6 is 0 Å². The molecule has 1 heterocycles. The van der Waals surface area contributed by atoms with E-state index in [-0.39, 0.29) is 18.7 Å². The molecule has 0 saturated carbocycles. The lowest BCUT2D eigenvalue weighted by atomic mass is 10.1. The van der Waals surface area contributed by atoms with Gasteiger partial charge in [-0.2, -0.15) is 0 Å². The van der Waals surface area contributed by atoms with E-state index < -0.39 is 15.8 Å². The Morgan fingerprint density at radius 1 is 1.29 bits per heavy atom. The number of aryl methyl sites for hydroxylation is 3. The Labute approximate surface area is 123 Å². The number of carbonyl (C=O) groups is 1. The minimum absolute atomic E-state index is 0.0743. The molecule has 0 bridgehead atoms. The molecule has 1 aromatic carbocycles. The highest BCUT2D eigenvalue weighted by molar-refractivity contribution is 7.89. The third-order valence-electron chi connectivity index (χ3n) is 3.38. The predicted octanol–water partition coefficient (Wildman–Crippen LogP) is 1.67. The maximum atomic E-state index is 11.5. The Bertz CT molecular complexity index is 806. The average Bonchev–Trinajstić information content (AvgIpc) is 2.62. The third-order valence-corrected chi connectivity index (χ3v) is 4.17. The molecule has 1 N–H and O–H groups in total. The molecular formula is C14H18N2O4S. The molecule has 0 saturated heterocycles. The van der Waals surface area contributed by atoms with Crippen LogP contribution < -0.4 is 0 Å². The summed E-state index contributed by atoms with van der Waals surface area (Å²) < 4.78 is 24.8. The molecule has 0 amide bonds. The van der Waals surface area contributed by atoms with E-state index in [0.717, 1.165) is 22.9 Å². The van der Waals surface area contributed by atoms with Gasteiger partial charge in [0.1, 0.15) is 11.6 Å². The average molecular weight is 310 g/mol. The number of aliphatic carboxylic acids is 1. The molecule has 0 aliphatic rings. The first kappa shape index (κ1) is 15.5. The SMILES string of the molecule is Cc1cc2nc(CS(C)(=O)=O)n(CCC(=O)O)c2cc1C. The second-order valence-electron chi connectivity index (χ2n) is 5.32. The van der Waals surface area contributed by atoms with Crippen molar-refractivity contribution in [1.82, 2.24) is 9.55 Å². The molecule has 0 radical (unpaired) electrons. The van der Waals surface area contributed by atoms with Crippen LogP contribution in [-0.4, -0.2) is 35.3 Å². The summed E-state index contributed by atoms with van der Waals surface area (Å²) in [6.07, 6.45) is 1.07. The highest BCUT2D eigenvalue weighted by Crippen LogP contribution is 2.22. The molecule has 7 heteroatoms. The molecule has 21 heavy (non-hydrogen) atoms. The molecule has 0 aliphatic heterocycles. The van der Waals surface area contributed by atoms with Crippen molar-refractivity contribution < 1.29 is 18.3 Å². The summed E-state index contributed by atoms with van der Waals surface area (Å²) in [5.74, 6) is -0.732. The van der Waals surface area contributed by atoms with Crippen molar-refractivity contribution in [1.29, 1.82) is 0 Å². The van der Waals surface area contributed by atoms with E-state index >= 15 is 0 Å². The molecule has 6 nitrogen and oxygen atoms in total. The first-order valence-corrected chi connectivity index (χ1v) is 8.59. The van der Waals surface area contributed by atoms with E-state index in [1.165, 1.54) is 0 Å². The van der Waals surface area contributed by atoms with Gasteiger partial charge in [0.25, 0.3) is 0 Å². The maximum absolute atomic E-state index is 11.5. The van der Waals surface area contributed by atoms with Crippen molar-refractivity contribution >= 4 is 26.8 Å². The smallest absolute Gasteiger partial charge is 0.305 e. The van der Waals surface area contributed by atoms with Crippen molar-refractivity contribution in [3.05, 3.63) is 29.1 Å². The predicted molar refractivity (Wildman–Crippen MR) is 80.0 cm³/mol. The third kappa shape index (κ3) is 3.60. The highest BCUT2D eigenvalue weighted by atomic mass is 32.2. The number of aromatic nitrogens is 2. The summed E-state index contributed by atoms with van der Waals surface area (Å²) in [6.45, 7) is 4.13. The van der Waals surface area contributed by atoms with Gasteiger partial charge in [-0.05, 0) is 37.1 Å². The van der Waals surface area contributed by atoms with Crippen molar-refractivity contribution in [2.24, 2.45) is 0 Å². The molecular weight excluding hydrogens is 292 g/mol. The quantitative estimate of drug-likeness (QED) is 0.907. The number of imidazole rings is 1. The standard InChI is InChI=1S/C14H18N2O4S/c1-9-6-11-12(7-10(9)2)16(5-4-14(17)18)13(15-11)8-21(3,19)20/h6-7H,4-5,8H2,1-3H3,(H,17,18). The second-order valence-corrected chi connectivity index (χ2v) is 7.46.